The molecule has 0 spiro atoms. The molecule has 0 saturated heterocycles. The summed E-state index contributed by atoms with van der Waals surface area (Å²) >= 11 is 0. The second-order valence-corrected chi connectivity index (χ2v) is 9.98. The number of rotatable bonds is 6. The highest BCUT2D eigenvalue weighted by molar-refractivity contribution is 5.93. The van der Waals surface area contributed by atoms with Crippen LogP contribution in [0.15, 0.2) is 60.7 Å². The van der Waals surface area contributed by atoms with Crippen LogP contribution in [-0.2, 0) is 36.8 Å². The third kappa shape index (κ3) is 12.0. The largest absolute Gasteiger partial charge is 0.490 e. The van der Waals surface area contributed by atoms with Crippen LogP contribution in [0.25, 0.3) is 0 Å². The van der Waals surface area contributed by atoms with Gasteiger partial charge in [0.05, 0.1) is 7.11 Å². The molecule has 2 aromatic rings. The Kier molecular flexibility index (Phi) is 15.1. The fourth-order valence-electron chi connectivity index (χ4n) is 4.48. The lowest BCUT2D eigenvalue weighted by Gasteiger charge is -2.25. The molecular formula is C31H41ClN4O7. The van der Waals surface area contributed by atoms with Crippen molar-refractivity contribution in [2.75, 3.05) is 26.9 Å². The van der Waals surface area contributed by atoms with Crippen LogP contribution >= 0.6 is 12.4 Å². The topological polar surface area (TPSA) is 158 Å². The van der Waals surface area contributed by atoms with Gasteiger partial charge in [-0.25, -0.2) is 4.79 Å². The molecule has 2 aliphatic heterocycles. The molecule has 234 valence electrons. The predicted octanol–water partition coefficient (Wildman–Crippen LogP) is 2.00. The van der Waals surface area contributed by atoms with E-state index in [0.29, 0.717) is 50.5 Å². The zero-order valence-electron chi connectivity index (χ0n) is 24.5. The molecule has 3 atom stereocenters. The van der Waals surface area contributed by atoms with Gasteiger partial charge in [-0.15, -0.1) is 12.4 Å². The highest BCUT2D eigenvalue weighted by Gasteiger charge is 2.30. The zero-order chi connectivity index (χ0) is 30.3. The van der Waals surface area contributed by atoms with Gasteiger partial charge in [0.25, 0.3) is 0 Å². The fourth-order valence-corrected chi connectivity index (χ4v) is 4.48. The average molecular weight is 617 g/mol. The number of hydrogen-bond donors (Lipinski definition) is 4. The van der Waals surface area contributed by atoms with E-state index in [0.717, 1.165) is 11.1 Å². The SMILES string of the molecule is COC(=O)[C@@H]1Cc2cccc(c2)OC/C=C/COc2ccc(cc2)C[C@@H](NC(C)=O)C(=O)N[C@H](CCCCN)C(=O)N1.Cl. The number of hydrogen-bond acceptors (Lipinski definition) is 8. The Labute approximate surface area is 258 Å². The number of fused-ring (bicyclic) bond motifs is 14. The van der Waals surface area contributed by atoms with Gasteiger partial charge in [0.15, 0.2) is 0 Å². The normalized spacial score (nSPS) is 20.3. The zero-order valence-corrected chi connectivity index (χ0v) is 25.3. The van der Waals surface area contributed by atoms with E-state index in [9.17, 15) is 19.2 Å². The Hall–Kier alpha value is -4.09. The van der Waals surface area contributed by atoms with Gasteiger partial charge < -0.3 is 35.9 Å². The van der Waals surface area contributed by atoms with Crippen molar-refractivity contribution in [3.05, 3.63) is 71.8 Å². The number of methoxy groups -OCH3 is 1. The third-order valence-electron chi connectivity index (χ3n) is 6.64. The van der Waals surface area contributed by atoms with Gasteiger partial charge in [-0.3, -0.25) is 14.4 Å². The van der Waals surface area contributed by atoms with Gasteiger partial charge in [0, 0.05) is 19.8 Å². The highest BCUT2D eigenvalue weighted by Crippen LogP contribution is 2.17. The number of nitrogens with two attached hydrogens (primary N) is 1. The van der Waals surface area contributed by atoms with E-state index in [-0.39, 0.29) is 31.2 Å². The van der Waals surface area contributed by atoms with Gasteiger partial charge in [-0.05, 0) is 73.4 Å². The summed E-state index contributed by atoms with van der Waals surface area (Å²) < 4.78 is 16.5. The minimum atomic E-state index is -1.01. The van der Waals surface area contributed by atoms with Crippen LogP contribution in [0.1, 0.15) is 37.3 Å². The van der Waals surface area contributed by atoms with Crippen molar-refractivity contribution in [3.8, 4) is 11.5 Å². The lowest BCUT2D eigenvalue weighted by molar-refractivity contribution is -0.145. The van der Waals surface area contributed by atoms with Gasteiger partial charge in [0.2, 0.25) is 17.7 Å². The Balaban J connectivity index is 0.00000645. The summed E-state index contributed by atoms with van der Waals surface area (Å²) in [4.78, 5) is 51.5. The maximum atomic E-state index is 13.5. The maximum Gasteiger partial charge on any atom is 0.328 e. The van der Waals surface area contributed by atoms with Crippen molar-refractivity contribution in [1.82, 2.24) is 16.0 Å². The molecule has 0 fully saturated rings. The fraction of sp³-hybridized carbons (Fsp3) is 0.419. The van der Waals surface area contributed by atoms with E-state index in [4.69, 9.17) is 19.9 Å². The van der Waals surface area contributed by atoms with E-state index in [1.54, 1.807) is 30.3 Å². The molecule has 4 rings (SSSR count). The minimum absolute atomic E-state index is 0. The van der Waals surface area contributed by atoms with Gasteiger partial charge in [-0.2, -0.15) is 0 Å². The lowest BCUT2D eigenvalue weighted by Crippen LogP contribution is -2.56. The van der Waals surface area contributed by atoms with Crippen LogP contribution in [-0.4, -0.2) is 68.7 Å². The molecule has 0 radical (unpaired) electrons. The smallest absolute Gasteiger partial charge is 0.328 e. The van der Waals surface area contributed by atoms with E-state index >= 15 is 0 Å². The molecule has 11 nitrogen and oxygen atoms in total. The molecular weight excluding hydrogens is 576 g/mol. The number of carbonyl (C=O) groups is 4. The molecule has 2 aromatic carbocycles. The summed E-state index contributed by atoms with van der Waals surface area (Å²) in [6.07, 6.45) is 5.52. The first-order valence-electron chi connectivity index (χ1n) is 14.0. The number of halogens is 1. The number of unbranched alkanes of at least 4 members (excludes halogenated alkanes) is 1. The summed E-state index contributed by atoms with van der Waals surface area (Å²) in [7, 11) is 1.25. The van der Waals surface area contributed by atoms with E-state index in [1.807, 2.05) is 30.4 Å². The molecule has 3 amide bonds. The second kappa shape index (κ2) is 18.4. The summed E-state index contributed by atoms with van der Waals surface area (Å²) in [6.45, 7) is 2.41. The number of ether oxygens (including phenoxy) is 3. The van der Waals surface area contributed by atoms with E-state index in [1.165, 1.54) is 14.0 Å². The van der Waals surface area contributed by atoms with Crippen molar-refractivity contribution in [3.63, 3.8) is 0 Å². The Morgan fingerprint density at radius 3 is 2.28 bits per heavy atom. The van der Waals surface area contributed by atoms with Crippen LogP contribution in [0.5, 0.6) is 11.5 Å². The van der Waals surface area contributed by atoms with Crippen LogP contribution in [0, 0.1) is 0 Å². The monoisotopic (exact) mass is 616 g/mol. The van der Waals surface area contributed by atoms with Crippen molar-refractivity contribution in [1.29, 1.82) is 0 Å². The number of esters is 1. The molecule has 43 heavy (non-hydrogen) atoms. The average Bonchev–Trinajstić information content (AvgIpc) is 2.97. The number of carbonyl (C=O) groups excluding carboxylic acids is 4. The van der Waals surface area contributed by atoms with Gasteiger partial charge in [-0.1, -0.05) is 24.3 Å². The third-order valence-corrected chi connectivity index (χ3v) is 6.64. The first-order valence-corrected chi connectivity index (χ1v) is 14.0. The predicted molar refractivity (Wildman–Crippen MR) is 164 cm³/mol. The Morgan fingerprint density at radius 2 is 1.63 bits per heavy atom. The first kappa shape index (κ1) is 35.1. The van der Waals surface area contributed by atoms with Crippen molar-refractivity contribution >= 4 is 36.1 Å². The molecule has 0 unspecified atom stereocenters. The van der Waals surface area contributed by atoms with Gasteiger partial charge in [0.1, 0.15) is 42.8 Å². The van der Waals surface area contributed by atoms with E-state index in [2.05, 4.69) is 16.0 Å². The number of amides is 3. The molecule has 0 saturated carbocycles. The molecule has 12 heteroatoms. The van der Waals surface area contributed by atoms with Crippen molar-refractivity contribution in [2.45, 2.75) is 57.2 Å². The molecule has 0 aliphatic carbocycles. The first-order chi connectivity index (χ1) is 20.3. The van der Waals surface area contributed by atoms with Crippen LogP contribution in [0.3, 0.4) is 0 Å². The maximum absolute atomic E-state index is 13.5. The molecule has 4 bridgehead atoms. The summed E-state index contributed by atoms with van der Waals surface area (Å²) in [5, 5.41) is 8.21. The molecule has 2 heterocycles. The lowest BCUT2D eigenvalue weighted by atomic mass is 10.0. The standard InChI is InChI=1S/C31H40N4O7.ClH/c1-21(36)33-27-19-22-11-13-24(14-12-22)41-16-5-6-17-42-25-9-7-8-23(18-25)20-28(31(39)40-2)35-29(37)26(34-30(27)38)10-3-4-15-32;/h5-9,11-14,18,26-28H,3-4,10,15-17,19-20,32H2,1-2H3,(H,33,36)(H,34,38)(H,35,37);1H/b6-5+;/t26-,27-,28+;/m1./s1. The van der Waals surface area contributed by atoms with Crippen LogP contribution in [0.2, 0.25) is 0 Å². The Bertz CT molecular complexity index is 1240. The Morgan fingerprint density at radius 1 is 0.930 bits per heavy atom. The summed E-state index contributed by atoms with van der Waals surface area (Å²) in [5.41, 5.74) is 7.19. The van der Waals surface area contributed by atoms with Crippen molar-refractivity contribution in [2.24, 2.45) is 5.73 Å². The number of benzene rings is 2. The molecule has 2 aliphatic rings. The van der Waals surface area contributed by atoms with Crippen LogP contribution < -0.4 is 31.2 Å². The molecule has 5 N–H and O–H groups in total. The van der Waals surface area contributed by atoms with Crippen LogP contribution in [0.4, 0.5) is 0 Å². The number of nitrogens with one attached hydrogen (secondary N) is 3. The highest BCUT2D eigenvalue weighted by atomic mass is 35.5. The summed E-state index contributed by atoms with van der Waals surface area (Å²) in [5.74, 6) is -0.829. The quantitative estimate of drug-likeness (QED) is 0.218. The van der Waals surface area contributed by atoms with E-state index < -0.39 is 35.9 Å². The molecule has 0 aromatic heterocycles. The van der Waals surface area contributed by atoms with Crippen molar-refractivity contribution < 1.29 is 33.4 Å². The summed E-state index contributed by atoms with van der Waals surface area (Å²) in [6, 6.07) is 11.5. The minimum Gasteiger partial charge on any atom is -0.490 e. The second-order valence-electron chi connectivity index (χ2n) is 9.98. The van der Waals surface area contributed by atoms with Gasteiger partial charge >= 0.3 is 5.97 Å².